The first-order chi connectivity index (χ1) is 9.61. The first-order valence-corrected chi connectivity index (χ1v) is 5.87. The predicted molar refractivity (Wildman–Crippen MR) is 65.4 cm³/mol. The molecular formula is C10H20N2O9. The SMILES string of the molecule is NC(=O)C[C@H](N)C(=O)O.OC[C@H]1O[C@H](O)[C@H](O)[C@@H](O)[C@@H]1O. The van der Waals surface area contributed by atoms with E-state index in [1.165, 1.54) is 0 Å². The molecule has 0 aromatic heterocycles. The molecule has 1 rings (SSSR count). The minimum absolute atomic E-state index is 0.310. The monoisotopic (exact) mass is 312 g/mol. The summed E-state index contributed by atoms with van der Waals surface area (Å²) in [4.78, 5) is 19.9. The summed E-state index contributed by atoms with van der Waals surface area (Å²) >= 11 is 0. The smallest absolute Gasteiger partial charge is 0.321 e. The van der Waals surface area contributed by atoms with Crippen LogP contribution in [0.4, 0.5) is 0 Å². The number of rotatable bonds is 4. The zero-order valence-corrected chi connectivity index (χ0v) is 10.9. The molecule has 0 aromatic rings. The second-order valence-electron chi connectivity index (χ2n) is 4.33. The molecule has 0 bridgehead atoms. The number of ether oxygens (including phenoxy) is 1. The van der Waals surface area contributed by atoms with Crippen molar-refractivity contribution in [1.29, 1.82) is 0 Å². The summed E-state index contributed by atoms with van der Waals surface area (Å²) in [5.74, 6) is -1.92. The number of nitrogens with two attached hydrogens (primary N) is 2. The van der Waals surface area contributed by atoms with E-state index in [9.17, 15) is 9.59 Å². The Bertz CT molecular complexity index is 349. The first-order valence-electron chi connectivity index (χ1n) is 5.87. The number of aliphatic carboxylic acids is 1. The molecule has 21 heavy (non-hydrogen) atoms. The van der Waals surface area contributed by atoms with Crippen molar-refractivity contribution in [2.24, 2.45) is 11.5 Å². The van der Waals surface area contributed by atoms with Gasteiger partial charge in [-0.25, -0.2) is 0 Å². The summed E-state index contributed by atoms with van der Waals surface area (Å²) < 4.78 is 4.58. The summed E-state index contributed by atoms with van der Waals surface area (Å²) in [6.07, 6.45) is -7.35. The highest BCUT2D eigenvalue weighted by atomic mass is 16.6. The van der Waals surface area contributed by atoms with Gasteiger partial charge in [-0.2, -0.15) is 0 Å². The summed E-state index contributed by atoms with van der Waals surface area (Å²) in [5, 5.41) is 52.8. The van der Waals surface area contributed by atoms with Crippen LogP contribution in [0.3, 0.4) is 0 Å². The van der Waals surface area contributed by atoms with Gasteiger partial charge in [0.1, 0.15) is 30.5 Å². The summed E-state index contributed by atoms with van der Waals surface area (Å²) in [6.45, 7) is -0.526. The van der Waals surface area contributed by atoms with E-state index in [0.717, 1.165) is 0 Å². The number of carboxylic acid groups (broad SMARTS) is 1. The van der Waals surface area contributed by atoms with Crippen LogP contribution in [0, 0.1) is 0 Å². The fraction of sp³-hybridized carbons (Fsp3) is 0.800. The third-order valence-electron chi connectivity index (χ3n) is 2.61. The zero-order valence-electron chi connectivity index (χ0n) is 10.9. The van der Waals surface area contributed by atoms with Crippen LogP contribution in [-0.2, 0) is 14.3 Å². The molecule has 1 saturated heterocycles. The predicted octanol–water partition coefficient (Wildman–Crippen LogP) is -4.95. The van der Waals surface area contributed by atoms with Gasteiger partial charge in [0.2, 0.25) is 5.91 Å². The van der Waals surface area contributed by atoms with Crippen LogP contribution in [0.2, 0.25) is 0 Å². The lowest BCUT2D eigenvalue weighted by molar-refractivity contribution is -0.286. The number of hydrogen-bond acceptors (Lipinski definition) is 9. The van der Waals surface area contributed by atoms with E-state index in [4.69, 9.17) is 36.4 Å². The molecule has 11 nitrogen and oxygen atoms in total. The fourth-order valence-electron chi connectivity index (χ4n) is 1.39. The Hall–Kier alpha value is -1.34. The van der Waals surface area contributed by atoms with Gasteiger partial charge in [-0.05, 0) is 0 Å². The van der Waals surface area contributed by atoms with E-state index in [2.05, 4.69) is 10.5 Å². The van der Waals surface area contributed by atoms with Crippen molar-refractivity contribution in [3.8, 4) is 0 Å². The van der Waals surface area contributed by atoms with Gasteiger partial charge < -0.3 is 46.8 Å². The van der Waals surface area contributed by atoms with Crippen LogP contribution < -0.4 is 11.5 Å². The van der Waals surface area contributed by atoms with Crippen molar-refractivity contribution in [2.45, 2.75) is 43.2 Å². The van der Waals surface area contributed by atoms with Crippen LogP contribution in [0.15, 0.2) is 0 Å². The average molecular weight is 312 g/mol. The molecule has 6 atom stereocenters. The third-order valence-corrected chi connectivity index (χ3v) is 2.61. The number of carboxylic acids is 1. The maximum absolute atomic E-state index is 9.99. The van der Waals surface area contributed by atoms with E-state index >= 15 is 0 Å². The molecule has 11 heteroatoms. The van der Waals surface area contributed by atoms with Crippen LogP contribution in [0.1, 0.15) is 6.42 Å². The molecule has 0 aliphatic carbocycles. The van der Waals surface area contributed by atoms with E-state index in [0.29, 0.717) is 0 Å². The number of aliphatic hydroxyl groups excluding tert-OH is 5. The highest BCUT2D eigenvalue weighted by molar-refractivity contribution is 5.83. The van der Waals surface area contributed by atoms with Gasteiger partial charge >= 0.3 is 5.97 Å². The van der Waals surface area contributed by atoms with Gasteiger partial charge in [0.05, 0.1) is 13.0 Å². The second kappa shape index (κ2) is 8.84. The van der Waals surface area contributed by atoms with E-state index in [1.807, 2.05) is 0 Å². The van der Waals surface area contributed by atoms with Crippen molar-refractivity contribution in [1.82, 2.24) is 0 Å². The third kappa shape index (κ3) is 6.31. The van der Waals surface area contributed by atoms with Gasteiger partial charge in [-0.3, -0.25) is 9.59 Å². The van der Waals surface area contributed by atoms with Crippen LogP contribution >= 0.6 is 0 Å². The van der Waals surface area contributed by atoms with E-state index in [1.54, 1.807) is 0 Å². The van der Waals surface area contributed by atoms with Crippen molar-refractivity contribution < 1.29 is 45.0 Å². The Kier molecular flexibility index (Phi) is 8.27. The number of amides is 1. The summed E-state index contributed by atoms with van der Waals surface area (Å²) in [7, 11) is 0. The molecule has 124 valence electrons. The van der Waals surface area contributed by atoms with Gasteiger partial charge in [0.25, 0.3) is 0 Å². The number of aliphatic hydroxyl groups is 5. The molecule has 0 aromatic carbocycles. The minimum Gasteiger partial charge on any atom is -0.480 e. The standard InChI is InChI=1S/C6H12O6.C4H8N2O3/c7-1-2-3(8)4(9)5(10)6(11)12-2;5-2(4(8)9)1-3(6)7/h2-11H,1H2;2H,1,5H2,(H2,6,7)(H,8,9)/t2-,3-,4+,5-,6+;2-/m10/s1. The summed E-state index contributed by atoms with van der Waals surface area (Å²) in [6, 6.07) is -1.16. The van der Waals surface area contributed by atoms with Crippen molar-refractivity contribution >= 4 is 11.9 Å². The Balaban J connectivity index is 0.000000400. The van der Waals surface area contributed by atoms with Gasteiger partial charge in [0.15, 0.2) is 6.29 Å². The topological polar surface area (TPSA) is 217 Å². The molecule has 1 heterocycles. The molecule has 0 radical (unpaired) electrons. The van der Waals surface area contributed by atoms with Crippen molar-refractivity contribution in [2.75, 3.05) is 6.61 Å². The quantitative estimate of drug-likeness (QED) is 0.247. The number of hydrogen-bond donors (Lipinski definition) is 8. The maximum Gasteiger partial charge on any atom is 0.321 e. The largest absolute Gasteiger partial charge is 0.480 e. The number of carbonyl (C=O) groups excluding carboxylic acids is 1. The van der Waals surface area contributed by atoms with E-state index < -0.39 is 55.2 Å². The fourth-order valence-corrected chi connectivity index (χ4v) is 1.39. The van der Waals surface area contributed by atoms with E-state index in [-0.39, 0.29) is 6.42 Å². The molecule has 1 amide bonds. The Labute approximate surface area is 119 Å². The zero-order chi connectivity index (χ0) is 16.7. The molecule has 1 fully saturated rings. The maximum atomic E-state index is 9.99. The Morgan fingerprint density at radius 1 is 1.10 bits per heavy atom. The molecule has 0 unspecified atom stereocenters. The van der Waals surface area contributed by atoms with Gasteiger partial charge in [-0.15, -0.1) is 0 Å². The highest BCUT2D eigenvalue weighted by Crippen LogP contribution is 2.18. The summed E-state index contributed by atoms with van der Waals surface area (Å²) in [5.41, 5.74) is 9.57. The molecule has 10 N–H and O–H groups in total. The Morgan fingerprint density at radius 2 is 1.62 bits per heavy atom. The first kappa shape index (κ1) is 19.7. The lowest BCUT2D eigenvalue weighted by Gasteiger charge is -2.37. The lowest BCUT2D eigenvalue weighted by Crippen LogP contribution is -2.58. The van der Waals surface area contributed by atoms with Crippen LogP contribution in [0.5, 0.6) is 0 Å². The van der Waals surface area contributed by atoms with Crippen molar-refractivity contribution in [3.63, 3.8) is 0 Å². The molecule has 0 saturated carbocycles. The normalized spacial score (nSPS) is 33.5. The number of carbonyl (C=O) groups is 2. The van der Waals surface area contributed by atoms with Crippen LogP contribution in [-0.4, -0.2) is 85.9 Å². The minimum atomic E-state index is -1.57. The second-order valence-corrected chi connectivity index (χ2v) is 4.33. The Morgan fingerprint density at radius 3 is 1.95 bits per heavy atom. The highest BCUT2D eigenvalue weighted by Gasteiger charge is 2.42. The lowest BCUT2D eigenvalue weighted by atomic mass is 10.00. The van der Waals surface area contributed by atoms with Gasteiger partial charge in [0, 0.05) is 0 Å². The average Bonchev–Trinajstić information content (AvgIpc) is 2.40. The molecule has 1 aliphatic rings. The molecule has 0 spiro atoms. The number of primary amides is 1. The van der Waals surface area contributed by atoms with Gasteiger partial charge in [-0.1, -0.05) is 0 Å². The molecule has 1 aliphatic heterocycles. The van der Waals surface area contributed by atoms with Crippen molar-refractivity contribution in [3.05, 3.63) is 0 Å². The molecular weight excluding hydrogens is 292 g/mol. The van der Waals surface area contributed by atoms with Crippen LogP contribution in [0.25, 0.3) is 0 Å².